The number of likely N-dealkylation sites (N-methyl/N-ethyl adjacent to an activating group) is 1. The maximum Gasteiger partial charge on any atom is 0.416 e. The van der Waals surface area contributed by atoms with Gasteiger partial charge in [0.25, 0.3) is 10.0 Å². The third kappa shape index (κ3) is 3.78. The molecule has 0 amide bonds. The van der Waals surface area contributed by atoms with Crippen LogP contribution in [0.4, 0.5) is 13.2 Å². The van der Waals surface area contributed by atoms with Gasteiger partial charge in [0.2, 0.25) is 0 Å². The number of aromatic nitrogens is 3. The molecule has 10 heteroatoms. The highest BCUT2D eigenvalue weighted by Gasteiger charge is 2.32. The van der Waals surface area contributed by atoms with Gasteiger partial charge in [-0.2, -0.15) is 18.3 Å². The topological polar surface area (TPSA) is 60.1 Å². The Balaban J connectivity index is 1.97. The predicted octanol–water partition coefficient (Wildman–Crippen LogP) is 4.14. The van der Waals surface area contributed by atoms with Crippen molar-refractivity contribution in [2.45, 2.75) is 37.9 Å². The van der Waals surface area contributed by atoms with E-state index >= 15 is 0 Å². The zero-order valence-electron chi connectivity index (χ0n) is 17.4. The fourth-order valence-corrected chi connectivity index (χ4v) is 5.41. The molecule has 2 aromatic heterocycles. The quantitative estimate of drug-likeness (QED) is 0.597. The van der Waals surface area contributed by atoms with Crippen molar-refractivity contribution in [2.75, 3.05) is 20.1 Å². The molecule has 0 saturated heterocycles. The van der Waals surface area contributed by atoms with E-state index in [0.717, 1.165) is 28.2 Å². The van der Waals surface area contributed by atoms with Crippen molar-refractivity contribution in [3.63, 3.8) is 0 Å². The second-order valence-corrected chi connectivity index (χ2v) is 9.53. The van der Waals surface area contributed by atoms with E-state index in [1.807, 2.05) is 20.0 Å². The fraction of sp³-hybridized carbons (Fsp3) is 0.381. The highest BCUT2D eigenvalue weighted by Crippen LogP contribution is 2.37. The van der Waals surface area contributed by atoms with Crippen LogP contribution in [0.2, 0.25) is 0 Å². The summed E-state index contributed by atoms with van der Waals surface area (Å²) in [4.78, 5) is 2.12. The zero-order chi connectivity index (χ0) is 22.6. The number of nitrogens with zero attached hydrogens (tertiary/aromatic N) is 4. The Bertz CT molecular complexity index is 1290. The number of halogens is 3. The molecule has 3 aromatic rings. The predicted molar refractivity (Wildman–Crippen MR) is 112 cm³/mol. The van der Waals surface area contributed by atoms with Gasteiger partial charge in [0.1, 0.15) is 4.90 Å². The van der Waals surface area contributed by atoms with Gasteiger partial charge in [0, 0.05) is 43.0 Å². The largest absolute Gasteiger partial charge is 0.416 e. The molecule has 4 rings (SSSR count). The number of benzene rings is 1. The van der Waals surface area contributed by atoms with Crippen LogP contribution in [-0.2, 0) is 22.7 Å². The molecule has 1 aliphatic rings. The lowest BCUT2D eigenvalue weighted by atomic mass is 9.98. The number of rotatable bonds is 4. The molecule has 166 valence electrons. The molecule has 0 saturated carbocycles. The van der Waals surface area contributed by atoms with Crippen LogP contribution < -0.4 is 0 Å². The highest BCUT2D eigenvalue weighted by molar-refractivity contribution is 7.90. The summed E-state index contributed by atoms with van der Waals surface area (Å²) in [7, 11) is -2.09. The summed E-state index contributed by atoms with van der Waals surface area (Å²) in [5.41, 5.74) is 1.11. The van der Waals surface area contributed by atoms with Gasteiger partial charge in [0.05, 0.1) is 16.8 Å². The minimum atomic E-state index is -4.52. The maximum absolute atomic E-state index is 13.5. The summed E-state index contributed by atoms with van der Waals surface area (Å²) < 4.78 is 69.7. The van der Waals surface area contributed by atoms with Crippen LogP contribution in [0.5, 0.6) is 0 Å². The molecule has 0 atom stereocenters. The first kappa shape index (κ1) is 21.6. The lowest BCUT2D eigenvalue weighted by molar-refractivity contribution is -0.137. The molecular formula is C21H23F3N4O2S. The monoisotopic (exact) mass is 452 g/mol. The summed E-state index contributed by atoms with van der Waals surface area (Å²) in [6.07, 6.45) is 0.941. The van der Waals surface area contributed by atoms with E-state index in [9.17, 15) is 21.6 Å². The van der Waals surface area contributed by atoms with E-state index in [1.165, 1.54) is 23.1 Å². The molecule has 1 aliphatic heterocycles. The minimum absolute atomic E-state index is 0.0371. The van der Waals surface area contributed by atoms with Crippen LogP contribution in [0.15, 0.2) is 41.6 Å². The molecule has 6 nitrogen and oxygen atoms in total. The molecule has 31 heavy (non-hydrogen) atoms. The zero-order valence-corrected chi connectivity index (χ0v) is 18.3. The van der Waals surface area contributed by atoms with Gasteiger partial charge in [-0.25, -0.2) is 12.4 Å². The molecule has 1 aromatic carbocycles. The number of fused-ring (bicyclic) bond motifs is 1. The molecule has 0 N–H and O–H groups in total. The molecule has 0 spiro atoms. The Morgan fingerprint density at radius 1 is 1.19 bits per heavy atom. The van der Waals surface area contributed by atoms with Gasteiger partial charge in [-0.3, -0.25) is 4.68 Å². The van der Waals surface area contributed by atoms with Gasteiger partial charge in [-0.1, -0.05) is 6.08 Å². The second-order valence-electron chi connectivity index (χ2n) is 7.75. The third-order valence-electron chi connectivity index (χ3n) is 5.62. The van der Waals surface area contributed by atoms with Crippen LogP contribution in [0, 0.1) is 6.92 Å². The Labute approximate surface area is 178 Å². The molecule has 0 radical (unpaired) electrons. The number of aryl methyl sites for hydroxylation is 2. The summed E-state index contributed by atoms with van der Waals surface area (Å²) in [5.74, 6) is 0. The van der Waals surface area contributed by atoms with Gasteiger partial charge in [-0.15, -0.1) is 0 Å². The number of alkyl halides is 3. The van der Waals surface area contributed by atoms with Crippen LogP contribution in [0.25, 0.3) is 16.5 Å². The minimum Gasteiger partial charge on any atom is -0.302 e. The van der Waals surface area contributed by atoms with Gasteiger partial charge < -0.3 is 4.90 Å². The van der Waals surface area contributed by atoms with Crippen molar-refractivity contribution in [1.29, 1.82) is 0 Å². The molecular weight excluding hydrogens is 429 g/mol. The lowest BCUT2D eigenvalue weighted by Gasteiger charge is -2.21. The SMILES string of the molecule is CCn1cc(S(=O)(=O)n2cc(C3=CCN(C)CC3)c3cc(C(F)(F)F)ccc32)c(C)n1. The van der Waals surface area contributed by atoms with E-state index in [1.54, 1.807) is 6.92 Å². The van der Waals surface area contributed by atoms with Crippen molar-refractivity contribution in [3.05, 3.63) is 53.5 Å². The summed E-state index contributed by atoms with van der Waals surface area (Å²) in [5, 5.41) is 4.48. The van der Waals surface area contributed by atoms with Gasteiger partial charge in [0.15, 0.2) is 0 Å². The van der Waals surface area contributed by atoms with E-state index in [-0.39, 0.29) is 15.8 Å². The van der Waals surface area contributed by atoms with Gasteiger partial charge in [-0.05, 0) is 51.1 Å². The van der Waals surface area contributed by atoms with E-state index < -0.39 is 21.8 Å². The molecule has 0 bridgehead atoms. The average molecular weight is 453 g/mol. The Morgan fingerprint density at radius 2 is 1.94 bits per heavy atom. The first-order chi connectivity index (χ1) is 14.5. The fourth-order valence-electron chi connectivity index (χ4n) is 3.87. The van der Waals surface area contributed by atoms with Crippen molar-refractivity contribution in [2.24, 2.45) is 0 Å². The Hall–Kier alpha value is -2.59. The van der Waals surface area contributed by atoms with Crippen LogP contribution >= 0.6 is 0 Å². The average Bonchev–Trinajstić information content (AvgIpc) is 3.29. The van der Waals surface area contributed by atoms with Crippen LogP contribution in [-0.4, -0.2) is 47.2 Å². The number of hydrogen-bond donors (Lipinski definition) is 0. The standard InChI is InChI=1S/C21H23F3N4O2S/c1-4-27-13-20(14(2)25-27)31(29,30)28-12-18(15-7-9-26(3)10-8-15)17-11-16(21(22,23)24)5-6-19(17)28/h5-7,11-13H,4,8-10H2,1-3H3. The van der Waals surface area contributed by atoms with Crippen molar-refractivity contribution >= 4 is 26.5 Å². The summed E-state index contributed by atoms with van der Waals surface area (Å²) in [6, 6.07) is 3.19. The summed E-state index contributed by atoms with van der Waals surface area (Å²) >= 11 is 0. The molecule has 0 unspecified atom stereocenters. The highest BCUT2D eigenvalue weighted by atomic mass is 32.2. The molecule has 0 aliphatic carbocycles. The van der Waals surface area contributed by atoms with Crippen molar-refractivity contribution in [1.82, 2.24) is 18.7 Å². The normalized spacial score (nSPS) is 16.1. The van der Waals surface area contributed by atoms with E-state index in [2.05, 4.69) is 10.00 Å². The Morgan fingerprint density at radius 3 is 2.52 bits per heavy atom. The molecule has 0 fully saturated rings. The van der Waals surface area contributed by atoms with Crippen molar-refractivity contribution in [3.8, 4) is 0 Å². The van der Waals surface area contributed by atoms with Gasteiger partial charge >= 0.3 is 6.18 Å². The lowest BCUT2D eigenvalue weighted by Crippen LogP contribution is -2.23. The van der Waals surface area contributed by atoms with Crippen molar-refractivity contribution < 1.29 is 21.6 Å². The van der Waals surface area contributed by atoms with E-state index in [4.69, 9.17) is 0 Å². The first-order valence-corrected chi connectivity index (χ1v) is 11.4. The third-order valence-corrected chi connectivity index (χ3v) is 7.39. The first-order valence-electron chi connectivity index (χ1n) is 9.92. The van der Waals surface area contributed by atoms with Crippen LogP contribution in [0.1, 0.15) is 30.2 Å². The Kier molecular flexibility index (Phi) is 5.25. The van der Waals surface area contributed by atoms with Crippen LogP contribution in [0.3, 0.4) is 0 Å². The maximum atomic E-state index is 13.5. The molecule has 3 heterocycles. The second kappa shape index (κ2) is 7.52. The smallest absolute Gasteiger partial charge is 0.302 e. The number of hydrogen-bond acceptors (Lipinski definition) is 4. The van der Waals surface area contributed by atoms with E-state index in [0.29, 0.717) is 30.8 Å². The summed E-state index contributed by atoms with van der Waals surface area (Å²) in [6.45, 7) is 5.34.